The van der Waals surface area contributed by atoms with Crippen LogP contribution in [0.15, 0.2) is 41.0 Å². The number of piperazine rings is 1. The van der Waals surface area contributed by atoms with E-state index >= 15 is 0 Å². The Morgan fingerprint density at radius 2 is 1.86 bits per heavy atom. The minimum atomic E-state index is -0.537. The van der Waals surface area contributed by atoms with Gasteiger partial charge in [0.15, 0.2) is 12.3 Å². The number of aryl methyl sites for hydroxylation is 1. The molecule has 1 aromatic carbocycles. The van der Waals surface area contributed by atoms with Crippen LogP contribution in [0.2, 0.25) is 0 Å². The van der Waals surface area contributed by atoms with Crippen LogP contribution in [-0.4, -0.2) is 55.5 Å². The first kappa shape index (κ1) is 19.6. The second-order valence-electron chi connectivity index (χ2n) is 6.95. The van der Waals surface area contributed by atoms with Crippen molar-refractivity contribution in [3.63, 3.8) is 0 Å². The Kier molecular flexibility index (Phi) is 6.10. The van der Waals surface area contributed by atoms with E-state index in [0.717, 1.165) is 16.0 Å². The number of imide groups is 1. The fourth-order valence-corrected chi connectivity index (χ4v) is 3.20. The number of carbonyl (C=O) groups excluding carboxylic acids is 3. The second kappa shape index (κ2) is 8.71. The van der Waals surface area contributed by atoms with Crippen LogP contribution in [0.1, 0.15) is 21.7 Å². The summed E-state index contributed by atoms with van der Waals surface area (Å²) in [6, 6.07) is 8.40. The first-order valence-corrected chi connectivity index (χ1v) is 9.27. The number of benzene rings is 1. The van der Waals surface area contributed by atoms with E-state index in [1.54, 1.807) is 23.1 Å². The Hall–Kier alpha value is -3.13. The number of nitrogens with zero attached hydrogens (tertiary/aromatic N) is 1. The van der Waals surface area contributed by atoms with Crippen LogP contribution in [0.4, 0.5) is 10.5 Å². The molecule has 28 heavy (non-hydrogen) atoms. The van der Waals surface area contributed by atoms with Gasteiger partial charge in [0.05, 0.1) is 32.4 Å². The van der Waals surface area contributed by atoms with Gasteiger partial charge in [-0.15, -0.1) is 0 Å². The summed E-state index contributed by atoms with van der Waals surface area (Å²) in [5, 5.41) is 5.09. The van der Waals surface area contributed by atoms with Crippen molar-refractivity contribution < 1.29 is 23.7 Å². The summed E-state index contributed by atoms with van der Waals surface area (Å²) in [5.41, 5.74) is 2.71. The molecule has 1 aliphatic heterocycles. The van der Waals surface area contributed by atoms with Crippen LogP contribution in [0.3, 0.4) is 0 Å². The number of anilines is 1. The van der Waals surface area contributed by atoms with Crippen LogP contribution in [0.25, 0.3) is 0 Å². The molecule has 0 unspecified atom stereocenters. The lowest BCUT2D eigenvalue weighted by atomic mass is 10.1. The Balaban J connectivity index is 1.43. The fourth-order valence-electron chi connectivity index (χ4n) is 3.20. The van der Waals surface area contributed by atoms with Gasteiger partial charge in [-0.3, -0.25) is 14.9 Å². The first-order valence-electron chi connectivity index (χ1n) is 9.27. The molecule has 1 fully saturated rings. The summed E-state index contributed by atoms with van der Waals surface area (Å²) < 4.78 is 5.14. The molecule has 0 saturated carbocycles. The Bertz CT molecular complexity index is 855. The van der Waals surface area contributed by atoms with Crippen molar-refractivity contribution in [3.8, 4) is 0 Å². The Morgan fingerprint density at radius 1 is 1.11 bits per heavy atom. The van der Waals surface area contributed by atoms with Crippen molar-refractivity contribution in [1.29, 1.82) is 0 Å². The molecule has 8 heteroatoms. The van der Waals surface area contributed by atoms with Gasteiger partial charge in [-0.1, -0.05) is 12.1 Å². The zero-order valence-corrected chi connectivity index (χ0v) is 16.1. The minimum Gasteiger partial charge on any atom is -0.459 e. The van der Waals surface area contributed by atoms with E-state index in [2.05, 4.69) is 10.6 Å². The van der Waals surface area contributed by atoms with Gasteiger partial charge in [0.25, 0.3) is 11.8 Å². The number of hydrogen-bond donors (Lipinski definition) is 3. The highest BCUT2D eigenvalue weighted by Gasteiger charge is 2.27. The Morgan fingerprint density at radius 3 is 2.54 bits per heavy atom. The summed E-state index contributed by atoms with van der Waals surface area (Å²) in [6.45, 7) is 6.41. The van der Waals surface area contributed by atoms with Crippen molar-refractivity contribution in [2.45, 2.75) is 13.8 Å². The topological polar surface area (TPSA) is 96.1 Å². The summed E-state index contributed by atoms with van der Waals surface area (Å²) in [5.74, 6) is -0.158. The van der Waals surface area contributed by atoms with Crippen LogP contribution in [0, 0.1) is 13.8 Å². The zero-order valence-electron chi connectivity index (χ0n) is 16.1. The Labute approximate surface area is 163 Å². The molecule has 0 aliphatic carbocycles. The molecule has 0 atom stereocenters. The van der Waals surface area contributed by atoms with Crippen LogP contribution >= 0.6 is 0 Å². The molecule has 1 aliphatic rings. The van der Waals surface area contributed by atoms with E-state index < -0.39 is 6.03 Å². The predicted molar refractivity (Wildman–Crippen MR) is 103 cm³/mol. The van der Waals surface area contributed by atoms with Gasteiger partial charge in [0.2, 0.25) is 0 Å². The van der Waals surface area contributed by atoms with E-state index in [1.807, 2.05) is 26.0 Å². The minimum absolute atomic E-state index is 0.138. The average molecular weight is 385 g/mol. The fraction of sp³-hybridized carbons (Fsp3) is 0.350. The molecule has 1 saturated heterocycles. The molecule has 1 aromatic heterocycles. The number of amides is 4. The van der Waals surface area contributed by atoms with Gasteiger partial charge in [-0.25, -0.2) is 4.79 Å². The number of furan rings is 1. The van der Waals surface area contributed by atoms with Gasteiger partial charge in [-0.05, 0) is 43.2 Å². The number of quaternary nitrogens is 1. The molecule has 2 heterocycles. The summed E-state index contributed by atoms with van der Waals surface area (Å²) in [6.07, 6.45) is 1.47. The summed E-state index contributed by atoms with van der Waals surface area (Å²) >= 11 is 0. The number of rotatable bonds is 4. The molecular weight excluding hydrogens is 360 g/mol. The van der Waals surface area contributed by atoms with Crippen molar-refractivity contribution in [3.05, 3.63) is 53.5 Å². The van der Waals surface area contributed by atoms with Crippen molar-refractivity contribution in [2.75, 3.05) is 38.0 Å². The quantitative estimate of drug-likeness (QED) is 0.718. The molecule has 0 radical (unpaired) electrons. The molecule has 3 rings (SSSR count). The lowest BCUT2D eigenvalue weighted by Gasteiger charge is -2.31. The average Bonchev–Trinajstić information content (AvgIpc) is 3.20. The third kappa shape index (κ3) is 4.77. The highest BCUT2D eigenvalue weighted by molar-refractivity contribution is 6.01. The van der Waals surface area contributed by atoms with Gasteiger partial charge >= 0.3 is 6.03 Å². The third-order valence-electron chi connectivity index (χ3n) is 5.01. The number of hydrogen-bond acceptors (Lipinski definition) is 4. The standard InChI is InChI=1S/C20H24N4O4/c1-14-5-3-6-16(15(14)2)21-20(27)22-18(25)13-23-8-10-24(11-9-23)19(26)17-7-4-12-28-17/h3-7,12H,8-11,13H2,1-2H3,(H2,21,22,25,27)/p+1. The van der Waals surface area contributed by atoms with E-state index in [0.29, 0.717) is 37.6 Å². The monoisotopic (exact) mass is 385 g/mol. The lowest BCUT2D eigenvalue weighted by molar-refractivity contribution is -0.895. The summed E-state index contributed by atoms with van der Waals surface area (Å²) in [7, 11) is 0. The highest BCUT2D eigenvalue weighted by atomic mass is 16.3. The van der Waals surface area contributed by atoms with Crippen molar-refractivity contribution >= 4 is 23.5 Å². The summed E-state index contributed by atoms with van der Waals surface area (Å²) in [4.78, 5) is 39.3. The zero-order chi connectivity index (χ0) is 20.1. The maximum Gasteiger partial charge on any atom is 0.326 e. The van der Waals surface area contributed by atoms with E-state index in [-0.39, 0.29) is 18.4 Å². The van der Waals surface area contributed by atoms with Crippen molar-refractivity contribution in [1.82, 2.24) is 10.2 Å². The maximum absolute atomic E-state index is 12.3. The van der Waals surface area contributed by atoms with Gasteiger partial charge in [-0.2, -0.15) is 0 Å². The van der Waals surface area contributed by atoms with E-state index in [1.165, 1.54) is 6.26 Å². The van der Waals surface area contributed by atoms with Gasteiger partial charge in [0.1, 0.15) is 0 Å². The first-order chi connectivity index (χ1) is 13.4. The van der Waals surface area contributed by atoms with E-state index in [9.17, 15) is 14.4 Å². The number of urea groups is 1. The third-order valence-corrected chi connectivity index (χ3v) is 5.01. The SMILES string of the molecule is Cc1cccc(NC(=O)NC(=O)C[NH+]2CCN(C(=O)c3ccco3)CC2)c1C. The molecule has 0 bridgehead atoms. The molecule has 4 amide bonds. The largest absolute Gasteiger partial charge is 0.459 e. The molecule has 2 aromatic rings. The predicted octanol–water partition coefficient (Wildman–Crippen LogP) is 0.585. The van der Waals surface area contributed by atoms with E-state index in [4.69, 9.17) is 4.42 Å². The van der Waals surface area contributed by atoms with Crippen LogP contribution in [-0.2, 0) is 4.79 Å². The molecule has 3 N–H and O–H groups in total. The molecule has 0 spiro atoms. The highest BCUT2D eigenvalue weighted by Crippen LogP contribution is 2.17. The van der Waals surface area contributed by atoms with Crippen LogP contribution < -0.4 is 15.5 Å². The number of nitrogens with one attached hydrogen (secondary N) is 3. The maximum atomic E-state index is 12.3. The van der Waals surface area contributed by atoms with Gasteiger partial charge < -0.3 is 19.5 Å². The lowest BCUT2D eigenvalue weighted by Crippen LogP contribution is -3.15. The molecular formula is C20H25N4O4+. The second-order valence-corrected chi connectivity index (χ2v) is 6.95. The normalized spacial score (nSPS) is 14.6. The smallest absolute Gasteiger partial charge is 0.326 e. The van der Waals surface area contributed by atoms with Crippen LogP contribution in [0.5, 0.6) is 0 Å². The molecule has 8 nitrogen and oxygen atoms in total. The number of carbonyl (C=O) groups is 3. The van der Waals surface area contributed by atoms with Crippen molar-refractivity contribution in [2.24, 2.45) is 0 Å². The van der Waals surface area contributed by atoms with Gasteiger partial charge in [0, 0.05) is 5.69 Å². The molecule has 148 valence electrons.